The van der Waals surface area contributed by atoms with Gasteiger partial charge in [0.05, 0.1) is 30.1 Å². The number of nitrogens with one attached hydrogen (secondary N) is 1. The van der Waals surface area contributed by atoms with Crippen molar-refractivity contribution in [1.82, 2.24) is 15.1 Å². The summed E-state index contributed by atoms with van der Waals surface area (Å²) in [7, 11) is 1.70. The summed E-state index contributed by atoms with van der Waals surface area (Å²) in [6, 6.07) is 0. The van der Waals surface area contributed by atoms with Crippen LogP contribution in [-0.4, -0.2) is 36.6 Å². The molecule has 0 amide bonds. The van der Waals surface area contributed by atoms with E-state index in [1.54, 1.807) is 13.3 Å². The Morgan fingerprint density at radius 2 is 2.16 bits per heavy atom. The molecule has 0 aliphatic heterocycles. The lowest BCUT2D eigenvalue weighted by Gasteiger charge is -2.26. The lowest BCUT2D eigenvalue weighted by Crippen LogP contribution is -2.29. The standard InChI is InChI=1S/C14H26ClN3O/c1-5-7-16-8-6-14(2,3)13-12(15)11-17-18(13)9-10-19-4/h11,16H,5-10H2,1-4H3. The highest BCUT2D eigenvalue weighted by molar-refractivity contribution is 6.31. The highest BCUT2D eigenvalue weighted by Crippen LogP contribution is 2.32. The van der Waals surface area contributed by atoms with Crippen LogP contribution < -0.4 is 5.32 Å². The number of hydrogen-bond acceptors (Lipinski definition) is 3. The van der Waals surface area contributed by atoms with E-state index in [0.29, 0.717) is 6.61 Å². The molecule has 1 aromatic heterocycles. The molecule has 0 atom stereocenters. The second kappa shape index (κ2) is 7.88. The van der Waals surface area contributed by atoms with Crippen molar-refractivity contribution in [1.29, 1.82) is 0 Å². The van der Waals surface area contributed by atoms with E-state index in [-0.39, 0.29) is 5.41 Å². The molecule has 110 valence electrons. The minimum Gasteiger partial charge on any atom is -0.383 e. The number of methoxy groups -OCH3 is 1. The van der Waals surface area contributed by atoms with Gasteiger partial charge in [0.15, 0.2) is 0 Å². The van der Waals surface area contributed by atoms with Crippen molar-refractivity contribution in [2.75, 3.05) is 26.8 Å². The van der Waals surface area contributed by atoms with Crippen molar-refractivity contribution < 1.29 is 4.74 Å². The van der Waals surface area contributed by atoms with Crippen LogP contribution in [0.4, 0.5) is 0 Å². The molecule has 0 fully saturated rings. The van der Waals surface area contributed by atoms with E-state index in [1.165, 1.54) is 0 Å². The van der Waals surface area contributed by atoms with Crippen LogP contribution in [-0.2, 0) is 16.7 Å². The fourth-order valence-electron chi connectivity index (χ4n) is 2.20. The Kier molecular flexibility index (Phi) is 6.83. The van der Waals surface area contributed by atoms with Crippen LogP contribution in [0.3, 0.4) is 0 Å². The van der Waals surface area contributed by atoms with Gasteiger partial charge in [-0.05, 0) is 25.9 Å². The topological polar surface area (TPSA) is 39.1 Å². The molecule has 0 unspecified atom stereocenters. The maximum absolute atomic E-state index is 6.30. The minimum absolute atomic E-state index is 0.00205. The van der Waals surface area contributed by atoms with Crippen molar-refractivity contribution in [2.45, 2.75) is 45.6 Å². The van der Waals surface area contributed by atoms with Crippen molar-refractivity contribution >= 4 is 11.6 Å². The van der Waals surface area contributed by atoms with Crippen LogP contribution in [0.2, 0.25) is 5.02 Å². The molecule has 1 heterocycles. The van der Waals surface area contributed by atoms with Gasteiger partial charge in [-0.3, -0.25) is 4.68 Å². The molecule has 1 aromatic rings. The maximum Gasteiger partial charge on any atom is 0.0823 e. The van der Waals surface area contributed by atoms with Gasteiger partial charge in [0.2, 0.25) is 0 Å². The number of hydrogen-bond donors (Lipinski definition) is 1. The third-order valence-corrected chi connectivity index (χ3v) is 3.57. The predicted octanol–water partition coefficient (Wildman–Crippen LogP) is 2.85. The Bertz CT molecular complexity index is 377. The minimum atomic E-state index is 0.00205. The SMILES string of the molecule is CCCNCCC(C)(C)c1c(Cl)cnn1CCOC. The molecule has 0 aliphatic rings. The third kappa shape index (κ3) is 4.79. The van der Waals surface area contributed by atoms with Gasteiger partial charge in [-0.25, -0.2) is 0 Å². The summed E-state index contributed by atoms with van der Waals surface area (Å²) in [5.74, 6) is 0. The van der Waals surface area contributed by atoms with Crippen LogP contribution in [0.5, 0.6) is 0 Å². The van der Waals surface area contributed by atoms with Crippen LogP contribution in [0.1, 0.15) is 39.3 Å². The van der Waals surface area contributed by atoms with Gasteiger partial charge in [0, 0.05) is 12.5 Å². The summed E-state index contributed by atoms with van der Waals surface area (Å²) in [6.45, 7) is 10.0. The first-order valence-electron chi connectivity index (χ1n) is 6.94. The first-order valence-corrected chi connectivity index (χ1v) is 7.32. The van der Waals surface area contributed by atoms with E-state index < -0.39 is 0 Å². The summed E-state index contributed by atoms with van der Waals surface area (Å²) >= 11 is 6.30. The molecular formula is C14H26ClN3O. The Balaban J connectivity index is 2.72. The average Bonchev–Trinajstić information content (AvgIpc) is 2.74. The van der Waals surface area contributed by atoms with Crippen molar-refractivity contribution in [3.05, 3.63) is 16.9 Å². The number of nitrogens with zero attached hydrogens (tertiary/aromatic N) is 2. The molecule has 0 aliphatic carbocycles. The van der Waals surface area contributed by atoms with Gasteiger partial charge in [-0.1, -0.05) is 32.4 Å². The first-order chi connectivity index (χ1) is 9.03. The van der Waals surface area contributed by atoms with Gasteiger partial charge in [-0.15, -0.1) is 0 Å². The first kappa shape index (κ1) is 16.5. The van der Waals surface area contributed by atoms with E-state index >= 15 is 0 Å². The quantitative estimate of drug-likeness (QED) is 0.710. The summed E-state index contributed by atoms with van der Waals surface area (Å²) in [5, 5.41) is 8.53. The molecule has 19 heavy (non-hydrogen) atoms. The van der Waals surface area contributed by atoms with Crippen molar-refractivity contribution in [2.24, 2.45) is 0 Å². The van der Waals surface area contributed by atoms with Crippen molar-refractivity contribution in [3.8, 4) is 0 Å². The second-order valence-corrected chi connectivity index (χ2v) is 5.85. The number of ether oxygens (including phenoxy) is 1. The summed E-state index contributed by atoms with van der Waals surface area (Å²) in [5.41, 5.74) is 1.10. The summed E-state index contributed by atoms with van der Waals surface area (Å²) < 4.78 is 7.08. The molecule has 0 aromatic carbocycles. The van der Waals surface area contributed by atoms with Crippen LogP contribution >= 0.6 is 11.6 Å². The number of aromatic nitrogens is 2. The zero-order valence-corrected chi connectivity index (χ0v) is 13.3. The fourth-order valence-corrected chi connectivity index (χ4v) is 2.60. The van der Waals surface area contributed by atoms with E-state index in [2.05, 4.69) is 31.2 Å². The Morgan fingerprint density at radius 1 is 1.42 bits per heavy atom. The lowest BCUT2D eigenvalue weighted by molar-refractivity contribution is 0.180. The van der Waals surface area contributed by atoms with Crippen LogP contribution in [0, 0.1) is 0 Å². The van der Waals surface area contributed by atoms with Crippen molar-refractivity contribution in [3.63, 3.8) is 0 Å². The van der Waals surface area contributed by atoms with Crippen LogP contribution in [0.25, 0.3) is 0 Å². The lowest BCUT2D eigenvalue weighted by atomic mass is 9.85. The summed E-state index contributed by atoms with van der Waals surface area (Å²) in [4.78, 5) is 0. The van der Waals surface area contributed by atoms with Gasteiger partial charge in [-0.2, -0.15) is 5.10 Å². The highest BCUT2D eigenvalue weighted by Gasteiger charge is 2.27. The Labute approximate surface area is 121 Å². The Hall–Kier alpha value is -0.580. The Morgan fingerprint density at radius 3 is 2.79 bits per heavy atom. The average molecular weight is 288 g/mol. The third-order valence-electron chi connectivity index (χ3n) is 3.30. The fraction of sp³-hybridized carbons (Fsp3) is 0.786. The zero-order valence-electron chi connectivity index (χ0n) is 12.5. The summed E-state index contributed by atoms with van der Waals surface area (Å²) in [6.07, 6.45) is 3.92. The molecule has 1 rings (SSSR count). The molecule has 0 radical (unpaired) electrons. The van der Waals surface area contributed by atoms with Gasteiger partial charge < -0.3 is 10.1 Å². The molecule has 0 saturated heterocycles. The predicted molar refractivity (Wildman–Crippen MR) is 79.9 cm³/mol. The van der Waals surface area contributed by atoms with Gasteiger partial charge in [0.1, 0.15) is 0 Å². The van der Waals surface area contributed by atoms with Crippen LogP contribution in [0.15, 0.2) is 6.20 Å². The zero-order chi connectivity index (χ0) is 14.3. The molecular weight excluding hydrogens is 262 g/mol. The van der Waals surface area contributed by atoms with E-state index in [9.17, 15) is 0 Å². The van der Waals surface area contributed by atoms with Gasteiger partial charge in [0.25, 0.3) is 0 Å². The normalized spacial score (nSPS) is 12.1. The van der Waals surface area contributed by atoms with E-state index in [1.807, 2.05) is 4.68 Å². The van der Waals surface area contributed by atoms with Gasteiger partial charge >= 0.3 is 0 Å². The smallest absolute Gasteiger partial charge is 0.0823 e. The van der Waals surface area contributed by atoms with E-state index in [4.69, 9.17) is 16.3 Å². The largest absolute Gasteiger partial charge is 0.383 e. The molecule has 0 bridgehead atoms. The maximum atomic E-state index is 6.30. The second-order valence-electron chi connectivity index (χ2n) is 5.44. The van der Waals surface area contributed by atoms with E-state index in [0.717, 1.165) is 43.2 Å². The molecule has 0 saturated carbocycles. The molecule has 4 nitrogen and oxygen atoms in total. The molecule has 5 heteroatoms. The number of rotatable bonds is 9. The molecule has 0 spiro atoms. The highest BCUT2D eigenvalue weighted by atomic mass is 35.5. The molecule has 1 N–H and O–H groups in total. The number of halogens is 1. The monoisotopic (exact) mass is 287 g/mol.